The first-order valence-electron chi connectivity index (χ1n) is 9.83. The quantitative estimate of drug-likeness (QED) is 0.403. The molecule has 0 aliphatic rings. The number of nitrogens with zero attached hydrogens (tertiary/aromatic N) is 3. The molecule has 3 rings (SSSR count). The predicted molar refractivity (Wildman–Crippen MR) is 114 cm³/mol. The number of imidazole rings is 1. The van der Waals surface area contributed by atoms with Gasteiger partial charge in [-0.1, -0.05) is 30.3 Å². The molecule has 154 valence electrons. The highest BCUT2D eigenvalue weighted by Gasteiger charge is 2.27. The maximum Gasteiger partial charge on any atom is 0.191 e. The molecule has 3 aromatic rings. The third-order valence-corrected chi connectivity index (χ3v) is 4.59. The third kappa shape index (κ3) is 5.71. The summed E-state index contributed by atoms with van der Waals surface area (Å²) in [5, 5.41) is 17.1. The van der Waals surface area contributed by atoms with E-state index >= 15 is 0 Å². The van der Waals surface area contributed by atoms with Crippen molar-refractivity contribution in [3.63, 3.8) is 0 Å². The maximum absolute atomic E-state index is 10.7. The number of furan rings is 1. The smallest absolute Gasteiger partial charge is 0.191 e. The lowest BCUT2D eigenvalue weighted by atomic mass is 10.0. The van der Waals surface area contributed by atoms with Gasteiger partial charge in [-0.05, 0) is 38.5 Å². The number of nitrogens with one attached hydrogen (secondary N) is 2. The molecule has 2 heterocycles. The lowest BCUT2D eigenvalue weighted by Crippen LogP contribution is -2.44. The second-order valence-corrected chi connectivity index (χ2v) is 7.19. The molecule has 0 saturated carbocycles. The van der Waals surface area contributed by atoms with Crippen LogP contribution in [0.3, 0.4) is 0 Å². The van der Waals surface area contributed by atoms with E-state index in [-0.39, 0.29) is 6.54 Å². The topological polar surface area (TPSA) is 87.6 Å². The number of hydrogen-bond donors (Lipinski definition) is 3. The molecule has 1 unspecified atom stereocenters. The molecule has 29 heavy (non-hydrogen) atoms. The number of aliphatic imine (C=N–C) groups is 1. The van der Waals surface area contributed by atoms with Crippen LogP contribution in [-0.4, -0.2) is 33.7 Å². The molecule has 0 fully saturated rings. The standard InChI is InChI=1S/C22H29N5O2/c1-4-23-21(26-16-22(3,28)19-11-10-17(2)29-19)25-14-20-24-12-13-27(20)15-18-8-6-5-7-9-18/h5-13,28H,4,14-16H2,1-3H3,(H2,23,25,26). The minimum absolute atomic E-state index is 0.268. The number of hydrogen-bond acceptors (Lipinski definition) is 4. The zero-order valence-corrected chi connectivity index (χ0v) is 17.2. The van der Waals surface area contributed by atoms with Crippen LogP contribution in [0.1, 0.15) is 36.8 Å². The van der Waals surface area contributed by atoms with Crippen LogP contribution < -0.4 is 10.6 Å². The highest BCUT2D eigenvalue weighted by Crippen LogP contribution is 2.21. The second kappa shape index (κ2) is 9.43. The first-order valence-corrected chi connectivity index (χ1v) is 9.83. The van der Waals surface area contributed by atoms with Crippen LogP contribution in [0, 0.1) is 6.92 Å². The normalized spacial score (nSPS) is 13.9. The van der Waals surface area contributed by atoms with Crippen molar-refractivity contribution >= 4 is 5.96 Å². The number of rotatable bonds is 8. The molecule has 3 N–H and O–H groups in total. The highest BCUT2D eigenvalue weighted by atomic mass is 16.4. The fourth-order valence-corrected chi connectivity index (χ4v) is 2.97. The van der Waals surface area contributed by atoms with E-state index in [1.54, 1.807) is 19.2 Å². The van der Waals surface area contributed by atoms with Crippen LogP contribution >= 0.6 is 0 Å². The molecule has 0 bridgehead atoms. The van der Waals surface area contributed by atoms with Gasteiger partial charge in [0, 0.05) is 25.5 Å². The molecule has 0 aliphatic carbocycles. The highest BCUT2D eigenvalue weighted by molar-refractivity contribution is 5.79. The molecule has 2 aromatic heterocycles. The average molecular weight is 396 g/mol. The molecule has 1 atom stereocenters. The van der Waals surface area contributed by atoms with Crippen molar-refractivity contribution in [1.29, 1.82) is 0 Å². The van der Waals surface area contributed by atoms with Crippen LogP contribution in [0.25, 0.3) is 0 Å². The summed E-state index contributed by atoms with van der Waals surface area (Å²) in [7, 11) is 0. The molecule has 1 aromatic carbocycles. The van der Waals surface area contributed by atoms with Crippen LogP contribution in [0.2, 0.25) is 0 Å². The molecule has 0 amide bonds. The predicted octanol–water partition coefficient (Wildman–Crippen LogP) is 2.80. The summed E-state index contributed by atoms with van der Waals surface area (Å²) in [5.41, 5.74) is 0.0708. The van der Waals surface area contributed by atoms with Crippen LogP contribution in [0.4, 0.5) is 0 Å². The molecule has 0 saturated heterocycles. The van der Waals surface area contributed by atoms with E-state index in [0.29, 0.717) is 24.8 Å². The Labute approximate surface area is 171 Å². The van der Waals surface area contributed by atoms with E-state index in [9.17, 15) is 5.11 Å². The number of guanidine groups is 1. The van der Waals surface area contributed by atoms with E-state index in [0.717, 1.165) is 18.1 Å². The zero-order chi connectivity index (χ0) is 20.7. The van der Waals surface area contributed by atoms with Crippen molar-refractivity contribution in [3.05, 3.63) is 77.8 Å². The summed E-state index contributed by atoms with van der Waals surface area (Å²) in [6, 6.07) is 13.9. The van der Waals surface area contributed by atoms with Crippen molar-refractivity contribution in [1.82, 2.24) is 20.2 Å². The minimum atomic E-state index is -1.14. The van der Waals surface area contributed by atoms with E-state index in [4.69, 9.17) is 4.42 Å². The van der Waals surface area contributed by atoms with E-state index in [2.05, 4.69) is 37.3 Å². The monoisotopic (exact) mass is 395 g/mol. The Morgan fingerprint density at radius 3 is 2.69 bits per heavy atom. The van der Waals surface area contributed by atoms with E-state index < -0.39 is 5.60 Å². The van der Waals surface area contributed by atoms with Gasteiger partial charge < -0.3 is 24.7 Å². The van der Waals surface area contributed by atoms with Crippen molar-refractivity contribution in [2.75, 3.05) is 13.1 Å². The Bertz CT molecular complexity index is 928. The molecule has 7 nitrogen and oxygen atoms in total. The Morgan fingerprint density at radius 2 is 2.00 bits per heavy atom. The maximum atomic E-state index is 10.7. The van der Waals surface area contributed by atoms with Crippen LogP contribution in [0.15, 0.2) is 64.3 Å². The Hall–Kier alpha value is -3.06. The molecule has 0 radical (unpaired) electrons. The lowest BCUT2D eigenvalue weighted by molar-refractivity contribution is 0.0378. The van der Waals surface area contributed by atoms with Crippen molar-refractivity contribution in [3.8, 4) is 0 Å². The summed E-state index contributed by atoms with van der Waals surface area (Å²) < 4.78 is 7.66. The Kier molecular flexibility index (Phi) is 6.72. The van der Waals surface area contributed by atoms with Gasteiger partial charge in [-0.3, -0.25) is 0 Å². The van der Waals surface area contributed by atoms with Gasteiger partial charge in [0.2, 0.25) is 0 Å². The molecule has 7 heteroatoms. The fraction of sp³-hybridized carbons (Fsp3) is 0.364. The van der Waals surface area contributed by atoms with Gasteiger partial charge in [0.15, 0.2) is 5.96 Å². The summed E-state index contributed by atoms with van der Waals surface area (Å²) in [5.74, 6) is 2.78. The van der Waals surface area contributed by atoms with Crippen molar-refractivity contribution in [2.24, 2.45) is 4.99 Å². The molecular weight excluding hydrogens is 366 g/mol. The van der Waals surface area contributed by atoms with Gasteiger partial charge >= 0.3 is 0 Å². The molecule has 0 aliphatic heterocycles. The van der Waals surface area contributed by atoms with Crippen molar-refractivity contribution < 1.29 is 9.52 Å². The fourth-order valence-electron chi connectivity index (χ4n) is 2.97. The summed E-state index contributed by atoms with van der Waals surface area (Å²) >= 11 is 0. The second-order valence-electron chi connectivity index (χ2n) is 7.19. The summed E-state index contributed by atoms with van der Waals surface area (Å²) in [4.78, 5) is 9.07. The Balaban J connectivity index is 1.65. The zero-order valence-electron chi connectivity index (χ0n) is 17.2. The molecular formula is C22H29N5O2. The van der Waals surface area contributed by atoms with Gasteiger partial charge in [-0.2, -0.15) is 0 Å². The minimum Gasteiger partial charge on any atom is -0.463 e. The number of aliphatic hydroxyl groups is 1. The molecule has 0 spiro atoms. The number of benzene rings is 1. The van der Waals surface area contributed by atoms with Gasteiger partial charge in [-0.25, -0.2) is 9.98 Å². The van der Waals surface area contributed by atoms with Crippen molar-refractivity contribution in [2.45, 2.75) is 39.5 Å². The number of aryl methyl sites for hydroxylation is 1. The van der Waals surface area contributed by atoms with Gasteiger partial charge in [-0.15, -0.1) is 0 Å². The lowest BCUT2D eigenvalue weighted by Gasteiger charge is -2.22. The number of aromatic nitrogens is 2. The third-order valence-electron chi connectivity index (χ3n) is 4.59. The largest absolute Gasteiger partial charge is 0.463 e. The summed E-state index contributed by atoms with van der Waals surface area (Å²) in [6.07, 6.45) is 3.75. The Morgan fingerprint density at radius 1 is 1.21 bits per heavy atom. The first kappa shape index (κ1) is 20.7. The van der Waals surface area contributed by atoms with E-state index in [1.165, 1.54) is 5.56 Å². The average Bonchev–Trinajstić information content (AvgIpc) is 3.34. The van der Waals surface area contributed by atoms with Crippen LogP contribution in [-0.2, 0) is 18.7 Å². The van der Waals surface area contributed by atoms with Gasteiger partial charge in [0.25, 0.3) is 0 Å². The first-order chi connectivity index (χ1) is 14.0. The SMILES string of the molecule is CCNC(=NCc1nccn1Cc1ccccc1)NCC(C)(O)c1ccc(C)o1. The van der Waals surface area contributed by atoms with Crippen LogP contribution in [0.5, 0.6) is 0 Å². The summed E-state index contributed by atoms with van der Waals surface area (Å²) in [6.45, 7) is 7.74. The van der Waals surface area contributed by atoms with Gasteiger partial charge in [0.05, 0.1) is 6.54 Å². The van der Waals surface area contributed by atoms with Gasteiger partial charge in [0.1, 0.15) is 29.5 Å². The van der Waals surface area contributed by atoms with E-state index in [1.807, 2.05) is 44.3 Å².